The van der Waals surface area contributed by atoms with Crippen molar-refractivity contribution >= 4 is 11.6 Å². The topological polar surface area (TPSA) is 36.0 Å². The van der Waals surface area contributed by atoms with Crippen LogP contribution in [0.5, 0.6) is 5.75 Å². The molecular weight excluding hydrogens is 446 g/mol. The number of anilines is 1. The number of amides is 1. The molecule has 0 spiro atoms. The minimum Gasteiger partial charge on any atom is -0.497 e. The van der Waals surface area contributed by atoms with Crippen molar-refractivity contribution in [1.29, 1.82) is 0 Å². The summed E-state index contributed by atoms with van der Waals surface area (Å²) < 4.78 is 5.39. The largest absolute Gasteiger partial charge is 0.497 e. The molecule has 0 unspecified atom stereocenters. The van der Waals surface area contributed by atoms with E-state index in [2.05, 4.69) is 94.8 Å². The van der Waals surface area contributed by atoms with Crippen LogP contribution in [0.2, 0.25) is 0 Å². The molecule has 36 heavy (non-hydrogen) atoms. The van der Waals surface area contributed by atoms with Gasteiger partial charge >= 0.3 is 0 Å². The third-order valence-corrected chi connectivity index (χ3v) is 7.17. The van der Waals surface area contributed by atoms with Crippen molar-refractivity contribution in [1.82, 2.24) is 10.0 Å². The van der Waals surface area contributed by atoms with Crippen molar-refractivity contribution in [3.63, 3.8) is 0 Å². The Morgan fingerprint density at radius 3 is 2.11 bits per heavy atom. The average Bonchev–Trinajstić information content (AvgIpc) is 3.25. The monoisotopic (exact) mass is 475 g/mol. The summed E-state index contributed by atoms with van der Waals surface area (Å²) in [6.45, 7) is 1.37. The fourth-order valence-electron chi connectivity index (χ4n) is 5.55. The lowest BCUT2D eigenvalue weighted by Gasteiger charge is -2.41. The van der Waals surface area contributed by atoms with Gasteiger partial charge in [0.05, 0.1) is 7.11 Å². The van der Waals surface area contributed by atoms with Gasteiger partial charge in [-0.3, -0.25) is 9.80 Å². The molecule has 0 saturated carbocycles. The lowest BCUT2D eigenvalue weighted by atomic mass is 9.95. The molecule has 2 heterocycles. The summed E-state index contributed by atoms with van der Waals surface area (Å²) in [4.78, 5) is 16.0. The molecule has 2 aliphatic heterocycles. The van der Waals surface area contributed by atoms with E-state index in [-0.39, 0.29) is 18.1 Å². The van der Waals surface area contributed by atoms with E-state index < -0.39 is 0 Å². The number of hydrogen-bond donors (Lipinski definition) is 0. The molecule has 0 bridgehead atoms. The van der Waals surface area contributed by atoms with Gasteiger partial charge in [0, 0.05) is 30.8 Å². The number of ether oxygens (including phenoxy) is 1. The fraction of sp³-hybridized carbons (Fsp3) is 0.194. The first-order valence-corrected chi connectivity index (χ1v) is 12.4. The number of carbonyl (C=O) groups is 1. The minimum atomic E-state index is -0.190. The lowest BCUT2D eigenvalue weighted by molar-refractivity contribution is -0.144. The number of nitrogens with zero attached hydrogens (tertiary/aromatic N) is 3. The van der Waals surface area contributed by atoms with Gasteiger partial charge in [0.25, 0.3) is 0 Å². The molecule has 180 valence electrons. The van der Waals surface area contributed by atoms with E-state index in [1.807, 2.05) is 29.3 Å². The number of benzene rings is 4. The predicted molar refractivity (Wildman–Crippen MR) is 141 cm³/mol. The number of rotatable bonds is 5. The van der Waals surface area contributed by atoms with Gasteiger partial charge in [-0.25, -0.2) is 0 Å². The highest BCUT2D eigenvalue weighted by Crippen LogP contribution is 2.47. The van der Waals surface area contributed by atoms with Crippen LogP contribution in [0.1, 0.15) is 40.9 Å². The molecule has 0 N–H and O–H groups in total. The highest BCUT2D eigenvalue weighted by molar-refractivity contribution is 5.80. The van der Waals surface area contributed by atoms with Crippen LogP contribution in [0.15, 0.2) is 109 Å². The van der Waals surface area contributed by atoms with Crippen molar-refractivity contribution in [3.05, 3.63) is 131 Å². The Balaban J connectivity index is 1.56. The molecule has 0 aromatic heterocycles. The SMILES string of the molecule is COc1ccc(CN2c3ccccc3[C@H](c3ccccc3)N3C(=O)CCN3[C@H]2c2ccccc2)cc1. The molecule has 0 radical (unpaired) electrons. The first-order valence-electron chi connectivity index (χ1n) is 12.4. The van der Waals surface area contributed by atoms with Crippen molar-refractivity contribution in [2.75, 3.05) is 18.6 Å². The second-order valence-electron chi connectivity index (χ2n) is 9.28. The van der Waals surface area contributed by atoms with Crippen LogP contribution < -0.4 is 9.64 Å². The van der Waals surface area contributed by atoms with Crippen LogP contribution in [0.4, 0.5) is 5.69 Å². The number of methoxy groups -OCH3 is 1. The summed E-state index contributed by atoms with van der Waals surface area (Å²) in [5, 5.41) is 4.29. The van der Waals surface area contributed by atoms with Gasteiger partial charge in [-0.2, -0.15) is 5.01 Å². The Hall–Kier alpha value is -4.09. The number of carbonyl (C=O) groups excluding carboxylic acids is 1. The standard InChI is InChI=1S/C31H29N3O2/c1-36-26-18-16-23(17-19-26)22-32-28-15-9-8-14-27(28)30(24-10-4-2-5-11-24)34-29(35)20-21-33(34)31(32)25-12-6-3-7-13-25/h2-19,30-31H,20-22H2,1H3/t30-,31-/m0/s1. The molecule has 0 aliphatic carbocycles. The Morgan fingerprint density at radius 1 is 0.778 bits per heavy atom. The third-order valence-electron chi connectivity index (χ3n) is 7.17. The van der Waals surface area contributed by atoms with Gasteiger partial charge in [0.15, 0.2) is 0 Å². The molecule has 5 heteroatoms. The maximum absolute atomic E-state index is 13.5. The molecule has 2 aliphatic rings. The van der Waals surface area contributed by atoms with Gasteiger partial charge in [-0.15, -0.1) is 0 Å². The number of fused-ring (bicyclic) bond motifs is 2. The molecule has 1 fully saturated rings. The lowest BCUT2D eigenvalue weighted by Crippen LogP contribution is -2.47. The van der Waals surface area contributed by atoms with Crippen molar-refractivity contribution in [2.24, 2.45) is 0 Å². The molecule has 6 rings (SSSR count). The van der Waals surface area contributed by atoms with Crippen LogP contribution in [-0.2, 0) is 11.3 Å². The van der Waals surface area contributed by atoms with E-state index in [4.69, 9.17) is 4.74 Å². The smallest absolute Gasteiger partial charge is 0.239 e. The molecule has 1 saturated heterocycles. The van der Waals surface area contributed by atoms with Crippen LogP contribution in [0.3, 0.4) is 0 Å². The summed E-state index contributed by atoms with van der Waals surface area (Å²) in [6, 6.07) is 37.5. The van der Waals surface area contributed by atoms with E-state index >= 15 is 0 Å². The van der Waals surface area contributed by atoms with Crippen LogP contribution in [-0.4, -0.2) is 29.6 Å². The normalized spacial score (nSPS) is 19.5. The highest BCUT2D eigenvalue weighted by atomic mass is 16.5. The van der Waals surface area contributed by atoms with Gasteiger partial charge in [-0.1, -0.05) is 91.0 Å². The maximum atomic E-state index is 13.5. The second-order valence-corrected chi connectivity index (χ2v) is 9.28. The zero-order valence-corrected chi connectivity index (χ0v) is 20.3. The first kappa shape index (κ1) is 22.4. The van der Waals surface area contributed by atoms with Gasteiger partial charge in [0.2, 0.25) is 5.91 Å². The van der Waals surface area contributed by atoms with E-state index in [1.54, 1.807) is 7.11 Å². The Morgan fingerprint density at radius 2 is 1.42 bits per heavy atom. The van der Waals surface area contributed by atoms with E-state index in [1.165, 1.54) is 5.56 Å². The Labute approximate surface area is 212 Å². The first-order chi connectivity index (χ1) is 17.7. The number of hydrazine groups is 1. The molecular formula is C31H29N3O2. The van der Waals surface area contributed by atoms with Crippen molar-refractivity contribution in [3.8, 4) is 5.75 Å². The summed E-state index contributed by atoms with van der Waals surface area (Å²) in [7, 11) is 1.69. The van der Waals surface area contributed by atoms with E-state index in [0.29, 0.717) is 19.5 Å². The number of hydrogen-bond acceptors (Lipinski definition) is 4. The summed E-state index contributed by atoms with van der Waals surface area (Å²) in [5.74, 6) is 1.00. The molecule has 5 nitrogen and oxygen atoms in total. The zero-order chi connectivity index (χ0) is 24.5. The molecule has 1 amide bonds. The van der Waals surface area contributed by atoms with Crippen LogP contribution in [0.25, 0.3) is 0 Å². The second kappa shape index (κ2) is 9.51. The van der Waals surface area contributed by atoms with Crippen LogP contribution in [0, 0.1) is 0 Å². The van der Waals surface area contributed by atoms with E-state index in [0.717, 1.165) is 28.1 Å². The third kappa shape index (κ3) is 3.91. The molecule has 4 aromatic carbocycles. The fourth-order valence-corrected chi connectivity index (χ4v) is 5.55. The Kier molecular flexibility index (Phi) is 5.91. The van der Waals surface area contributed by atoms with Crippen molar-refractivity contribution in [2.45, 2.75) is 25.2 Å². The maximum Gasteiger partial charge on any atom is 0.239 e. The van der Waals surface area contributed by atoms with Crippen LogP contribution >= 0.6 is 0 Å². The molecule has 4 aromatic rings. The van der Waals surface area contributed by atoms with Crippen molar-refractivity contribution < 1.29 is 9.53 Å². The summed E-state index contributed by atoms with van der Waals surface area (Å²) in [6.07, 6.45) is 0.375. The van der Waals surface area contributed by atoms with Gasteiger partial charge in [0.1, 0.15) is 18.0 Å². The predicted octanol–water partition coefficient (Wildman–Crippen LogP) is 5.95. The number of para-hydroxylation sites is 1. The quantitative estimate of drug-likeness (QED) is 0.357. The average molecular weight is 476 g/mol. The summed E-state index contributed by atoms with van der Waals surface area (Å²) in [5.41, 5.74) is 5.73. The van der Waals surface area contributed by atoms with Gasteiger partial charge in [-0.05, 0) is 34.9 Å². The molecule has 2 atom stereocenters. The van der Waals surface area contributed by atoms with E-state index in [9.17, 15) is 4.79 Å². The zero-order valence-electron chi connectivity index (χ0n) is 20.3. The summed E-state index contributed by atoms with van der Waals surface area (Å²) >= 11 is 0. The van der Waals surface area contributed by atoms with Gasteiger partial charge < -0.3 is 9.64 Å². The highest BCUT2D eigenvalue weighted by Gasteiger charge is 2.46. The minimum absolute atomic E-state index is 0.130. The Bertz CT molecular complexity index is 1340.